The minimum atomic E-state index is -0.893. The van der Waals surface area contributed by atoms with E-state index in [2.05, 4.69) is 39.8 Å². The lowest BCUT2D eigenvalue weighted by atomic mass is 9.83. The number of nitrogens with zero attached hydrogens (tertiary/aromatic N) is 1. The Morgan fingerprint density at radius 1 is 0.744 bits per heavy atom. The third-order valence-corrected chi connectivity index (χ3v) is 6.30. The molecule has 39 heavy (non-hydrogen) atoms. The molecule has 0 spiro atoms. The molecule has 0 fully saturated rings. The Hall–Kier alpha value is -2.80. The monoisotopic (exact) mass is 559 g/mol. The summed E-state index contributed by atoms with van der Waals surface area (Å²) in [5, 5.41) is -0.354. The van der Waals surface area contributed by atoms with Crippen LogP contribution in [-0.4, -0.2) is 49.0 Å². The van der Waals surface area contributed by atoms with E-state index in [-0.39, 0.29) is 29.7 Å². The molecule has 0 saturated heterocycles. The summed E-state index contributed by atoms with van der Waals surface area (Å²) in [7, 11) is 4.12. The van der Waals surface area contributed by atoms with E-state index >= 15 is 0 Å². The van der Waals surface area contributed by atoms with Crippen LogP contribution >= 0.6 is 11.6 Å². The predicted molar refractivity (Wildman–Crippen MR) is 159 cm³/mol. The molecule has 216 valence electrons. The molecule has 2 aromatic rings. The summed E-state index contributed by atoms with van der Waals surface area (Å²) in [6, 6.07) is 19.6. The SMILES string of the molecule is CC(=O)C(C)(C)C(=O)CCOCc1ccccc1.CC(C)=C(C)N(C)C.O=C(Cl)CCOCc1ccccc1. The first kappa shape index (κ1) is 36.2. The van der Waals surface area contributed by atoms with Gasteiger partial charge in [0.1, 0.15) is 11.6 Å². The number of hydrogen-bond acceptors (Lipinski definition) is 6. The molecule has 0 atom stereocenters. The highest BCUT2D eigenvalue weighted by Gasteiger charge is 2.31. The third-order valence-electron chi connectivity index (χ3n) is 6.11. The van der Waals surface area contributed by atoms with Gasteiger partial charge in [-0.2, -0.15) is 0 Å². The van der Waals surface area contributed by atoms with Crippen molar-refractivity contribution < 1.29 is 23.9 Å². The highest BCUT2D eigenvalue weighted by Crippen LogP contribution is 2.19. The van der Waals surface area contributed by atoms with E-state index in [0.29, 0.717) is 26.4 Å². The van der Waals surface area contributed by atoms with Crippen molar-refractivity contribution >= 4 is 28.4 Å². The highest BCUT2D eigenvalue weighted by molar-refractivity contribution is 6.63. The fraction of sp³-hybridized carbons (Fsp3) is 0.469. The lowest BCUT2D eigenvalue weighted by molar-refractivity contribution is -0.138. The Morgan fingerprint density at radius 2 is 1.15 bits per heavy atom. The Morgan fingerprint density at radius 3 is 1.46 bits per heavy atom. The first-order valence-electron chi connectivity index (χ1n) is 13.1. The van der Waals surface area contributed by atoms with Crippen LogP contribution in [-0.2, 0) is 37.1 Å². The summed E-state index contributed by atoms with van der Waals surface area (Å²) in [6.07, 6.45) is 0.549. The molecule has 0 bridgehead atoms. The number of carbonyl (C=O) groups excluding carboxylic acids is 3. The largest absolute Gasteiger partial charge is 0.381 e. The average Bonchev–Trinajstić information content (AvgIpc) is 2.90. The number of halogens is 1. The van der Waals surface area contributed by atoms with Gasteiger partial charge < -0.3 is 14.4 Å². The summed E-state index contributed by atoms with van der Waals surface area (Å²) < 4.78 is 10.7. The summed E-state index contributed by atoms with van der Waals surface area (Å²) in [4.78, 5) is 35.6. The van der Waals surface area contributed by atoms with E-state index in [1.807, 2.05) is 60.7 Å². The van der Waals surface area contributed by atoms with Crippen LogP contribution in [0.1, 0.15) is 65.5 Å². The van der Waals surface area contributed by atoms with Crippen LogP contribution in [0, 0.1) is 5.41 Å². The number of ether oxygens (including phenoxy) is 2. The first-order valence-corrected chi connectivity index (χ1v) is 13.4. The van der Waals surface area contributed by atoms with Crippen molar-refractivity contribution in [3.05, 3.63) is 83.1 Å². The van der Waals surface area contributed by atoms with Crippen molar-refractivity contribution in [3.8, 4) is 0 Å². The lowest BCUT2D eigenvalue weighted by Crippen LogP contribution is -2.32. The van der Waals surface area contributed by atoms with Gasteiger partial charge in [-0.25, -0.2) is 0 Å². The number of hydrogen-bond donors (Lipinski definition) is 0. The van der Waals surface area contributed by atoms with Crippen LogP contribution in [0.3, 0.4) is 0 Å². The van der Waals surface area contributed by atoms with E-state index in [1.54, 1.807) is 13.8 Å². The van der Waals surface area contributed by atoms with Crippen molar-refractivity contribution in [2.45, 2.75) is 67.6 Å². The molecule has 0 aromatic heterocycles. The quantitative estimate of drug-likeness (QED) is 0.149. The van der Waals surface area contributed by atoms with Gasteiger partial charge in [-0.15, -0.1) is 0 Å². The van der Waals surface area contributed by atoms with Gasteiger partial charge >= 0.3 is 0 Å². The Bertz CT molecular complexity index is 1010. The Kier molecular flexibility index (Phi) is 18.7. The zero-order valence-corrected chi connectivity index (χ0v) is 25.6. The lowest BCUT2D eigenvalue weighted by Gasteiger charge is -2.19. The van der Waals surface area contributed by atoms with Gasteiger partial charge in [0.2, 0.25) is 5.24 Å². The summed E-state index contributed by atoms with van der Waals surface area (Å²) in [5.41, 5.74) is 4.02. The van der Waals surface area contributed by atoms with E-state index < -0.39 is 5.41 Å². The topological polar surface area (TPSA) is 72.9 Å². The highest BCUT2D eigenvalue weighted by atomic mass is 35.5. The maximum Gasteiger partial charge on any atom is 0.223 e. The number of carbonyl (C=O) groups is 3. The van der Waals surface area contributed by atoms with Gasteiger partial charge in [0, 0.05) is 32.6 Å². The molecule has 2 rings (SSSR count). The molecule has 7 heteroatoms. The van der Waals surface area contributed by atoms with Crippen LogP contribution in [0.2, 0.25) is 0 Å². The maximum atomic E-state index is 11.8. The van der Waals surface area contributed by atoms with Crippen molar-refractivity contribution in [3.63, 3.8) is 0 Å². The predicted octanol–water partition coefficient (Wildman–Crippen LogP) is 7.00. The fourth-order valence-corrected chi connectivity index (χ4v) is 2.88. The van der Waals surface area contributed by atoms with Gasteiger partial charge in [0.15, 0.2) is 0 Å². The van der Waals surface area contributed by atoms with Gasteiger partial charge in [0.25, 0.3) is 0 Å². The van der Waals surface area contributed by atoms with Crippen molar-refractivity contribution in [2.75, 3.05) is 27.3 Å². The molecule has 0 unspecified atom stereocenters. The minimum absolute atomic E-state index is 0.0666. The second kappa shape index (κ2) is 20.2. The van der Waals surface area contributed by atoms with Crippen molar-refractivity contribution in [1.29, 1.82) is 0 Å². The number of Topliss-reactive ketones (excluding diaryl/α,β-unsaturated/α-hetero) is 2. The Balaban J connectivity index is 0.000000602. The molecule has 0 aliphatic heterocycles. The zero-order valence-electron chi connectivity index (χ0n) is 24.9. The Labute approximate surface area is 240 Å². The van der Waals surface area contributed by atoms with E-state index in [0.717, 1.165) is 11.1 Å². The van der Waals surface area contributed by atoms with Crippen molar-refractivity contribution in [1.82, 2.24) is 4.90 Å². The molecule has 0 aliphatic carbocycles. The van der Waals surface area contributed by atoms with E-state index in [1.165, 1.54) is 18.2 Å². The average molecular weight is 560 g/mol. The van der Waals surface area contributed by atoms with Gasteiger partial charge in [-0.05, 0) is 64.3 Å². The molecule has 0 saturated carbocycles. The minimum Gasteiger partial charge on any atom is -0.381 e. The molecule has 0 radical (unpaired) electrons. The first-order chi connectivity index (χ1) is 18.3. The summed E-state index contributed by atoms with van der Waals surface area (Å²) in [5.74, 6) is -0.168. The van der Waals surface area contributed by atoms with Gasteiger partial charge in [-0.1, -0.05) is 66.2 Å². The number of allylic oxidation sites excluding steroid dienone is 2. The van der Waals surface area contributed by atoms with Crippen LogP contribution in [0.25, 0.3) is 0 Å². The molecular weight excluding hydrogens is 514 g/mol. The van der Waals surface area contributed by atoms with Gasteiger partial charge in [0.05, 0.1) is 31.8 Å². The maximum absolute atomic E-state index is 11.8. The van der Waals surface area contributed by atoms with Crippen LogP contribution < -0.4 is 0 Å². The standard InChI is InChI=1S/C15H20O3.C10H11ClO2.C7H15N/c1-12(16)15(2,3)14(17)9-10-18-11-13-7-5-4-6-8-13;11-10(12)6-7-13-8-9-4-2-1-3-5-9;1-6(2)7(3)8(4)5/h4-8H,9-11H2,1-3H3;1-5H,6-8H2;1-5H3. The molecular formula is C32H46ClNO5. The second-order valence-corrected chi connectivity index (χ2v) is 10.4. The molecule has 6 nitrogen and oxygen atoms in total. The zero-order chi connectivity index (χ0) is 29.8. The fourth-order valence-electron chi connectivity index (χ4n) is 2.80. The van der Waals surface area contributed by atoms with E-state index in [4.69, 9.17) is 21.1 Å². The second-order valence-electron chi connectivity index (χ2n) is 10.0. The van der Waals surface area contributed by atoms with Crippen molar-refractivity contribution in [2.24, 2.45) is 5.41 Å². The number of ketones is 2. The summed E-state index contributed by atoms with van der Waals surface area (Å²) >= 11 is 5.14. The molecule has 0 N–H and O–H groups in total. The molecule has 0 aliphatic rings. The normalized spacial score (nSPS) is 10.3. The van der Waals surface area contributed by atoms with Crippen LogP contribution in [0.5, 0.6) is 0 Å². The summed E-state index contributed by atoms with van der Waals surface area (Å²) in [6.45, 7) is 12.9. The molecule has 2 aromatic carbocycles. The molecule has 0 heterocycles. The molecule has 0 amide bonds. The van der Waals surface area contributed by atoms with E-state index in [9.17, 15) is 14.4 Å². The third kappa shape index (κ3) is 17.4. The van der Waals surface area contributed by atoms with Crippen LogP contribution in [0.15, 0.2) is 71.9 Å². The van der Waals surface area contributed by atoms with Crippen LogP contribution in [0.4, 0.5) is 0 Å². The number of benzene rings is 2. The number of rotatable bonds is 13. The van der Waals surface area contributed by atoms with Gasteiger partial charge in [-0.3, -0.25) is 14.4 Å². The smallest absolute Gasteiger partial charge is 0.223 e.